The quantitative estimate of drug-likeness (QED) is 0.413. The summed E-state index contributed by atoms with van der Waals surface area (Å²) in [5.41, 5.74) is 2.11. The zero-order valence-corrected chi connectivity index (χ0v) is 19.2. The fraction of sp³-hybridized carbons (Fsp3) is 0.636. The fourth-order valence-corrected chi connectivity index (χ4v) is 5.32. The third-order valence-corrected chi connectivity index (χ3v) is 7.55. The third-order valence-electron chi connectivity index (χ3n) is 4.70. The first-order chi connectivity index (χ1) is 12.3. The van der Waals surface area contributed by atoms with Crippen molar-refractivity contribution in [2.24, 2.45) is 0 Å². The summed E-state index contributed by atoms with van der Waals surface area (Å²) < 4.78 is 19.4. The molecule has 0 aromatic heterocycles. The average molecular weight is 396 g/mol. The lowest BCUT2D eigenvalue weighted by atomic mass is 9.78. The number of phenols is 1. The second kappa shape index (κ2) is 8.94. The van der Waals surface area contributed by atoms with Gasteiger partial charge in [-0.25, -0.2) is 0 Å². The van der Waals surface area contributed by atoms with Crippen LogP contribution in [-0.4, -0.2) is 24.4 Å². The Morgan fingerprint density at radius 3 is 1.96 bits per heavy atom. The smallest absolute Gasteiger partial charge is 0.223 e. The maximum Gasteiger partial charge on any atom is 0.223 e. The maximum absolute atomic E-state index is 13.6. The van der Waals surface area contributed by atoms with E-state index in [9.17, 15) is 9.67 Å². The van der Waals surface area contributed by atoms with Crippen molar-refractivity contribution < 1.29 is 14.2 Å². The van der Waals surface area contributed by atoms with E-state index in [2.05, 4.69) is 53.4 Å². The molecule has 1 aromatic rings. The van der Waals surface area contributed by atoms with Crippen LogP contribution < -0.4 is 5.32 Å². The summed E-state index contributed by atoms with van der Waals surface area (Å²) in [5, 5.41) is 14.3. The molecule has 0 amide bonds. The van der Waals surface area contributed by atoms with Crippen molar-refractivity contribution in [2.75, 3.05) is 19.3 Å². The number of hydrogen-bond acceptors (Lipinski definition) is 4. The molecule has 1 rings (SSSR count). The van der Waals surface area contributed by atoms with Crippen LogP contribution in [0.4, 0.5) is 0 Å². The van der Waals surface area contributed by atoms with Crippen molar-refractivity contribution in [2.45, 2.75) is 72.0 Å². The molecular weight excluding hydrogens is 357 g/mol. The van der Waals surface area contributed by atoms with E-state index in [1.54, 1.807) is 6.08 Å². The Bertz CT molecular complexity index is 663. The van der Waals surface area contributed by atoms with Crippen LogP contribution in [-0.2, 0) is 19.9 Å². The first-order valence-corrected chi connectivity index (χ1v) is 11.6. The van der Waals surface area contributed by atoms with Gasteiger partial charge in [-0.3, -0.25) is 9.88 Å². The van der Waals surface area contributed by atoms with Gasteiger partial charge in [0.25, 0.3) is 0 Å². The molecule has 1 aromatic carbocycles. The van der Waals surface area contributed by atoms with Crippen LogP contribution in [0.2, 0.25) is 0 Å². The van der Waals surface area contributed by atoms with E-state index in [-0.39, 0.29) is 10.8 Å². The molecule has 0 spiro atoms. The van der Waals surface area contributed by atoms with Gasteiger partial charge in [-0.1, -0.05) is 54.5 Å². The summed E-state index contributed by atoms with van der Waals surface area (Å²) in [6.45, 7) is 20.9. The standard InChI is InChI=1S/C22H38NO3P/c1-10-13-23-20(27(25,12-3)26-11-2)16-14-17(21(4,5)6)19(24)18(15-16)22(7,8)9/h10,14-15,20,23-24H,1,11-13H2,2-9H3. The van der Waals surface area contributed by atoms with E-state index in [0.29, 0.717) is 25.1 Å². The van der Waals surface area contributed by atoms with Crippen molar-refractivity contribution in [3.05, 3.63) is 41.5 Å². The predicted molar refractivity (Wildman–Crippen MR) is 116 cm³/mol. The lowest BCUT2D eigenvalue weighted by Gasteiger charge is -2.32. The number of phenolic OH excluding ortho intramolecular Hbond substituents is 1. The molecule has 2 N–H and O–H groups in total. The Hall–Kier alpha value is -1.09. The van der Waals surface area contributed by atoms with Gasteiger partial charge in [0.15, 0.2) is 0 Å². The van der Waals surface area contributed by atoms with Crippen molar-refractivity contribution >= 4 is 7.37 Å². The normalized spacial score (nSPS) is 16.0. The predicted octanol–water partition coefficient (Wildman–Crippen LogP) is 6.10. The van der Waals surface area contributed by atoms with Crippen LogP contribution in [0.5, 0.6) is 5.75 Å². The first kappa shape index (κ1) is 23.9. The molecule has 0 radical (unpaired) electrons. The summed E-state index contributed by atoms with van der Waals surface area (Å²) in [6.07, 6.45) is 2.20. The van der Waals surface area contributed by atoms with E-state index in [1.807, 2.05) is 26.0 Å². The van der Waals surface area contributed by atoms with Gasteiger partial charge in [-0.05, 0) is 46.6 Å². The first-order valence-electron chi connectivity index (χ1n) is 9.77. The Balaban J connectivity index is 3.76. The fourth-order valence-electron chi connectivity index (χ4n) is 3.20. The van der Waals surface area contributed by atoms with Gasteiger partial charge in [-0.2, -0.15) is 0 Å². The third kappa shape index (κ3) is 5.70. The second-order valence-corrected chi connectivity index (χ2v) is 11.9. The molecule has 0 aliphatic rings. The van der Waals surface area contributed by atoms with Crippen LogP contribution in [0.25, 0.3) is 0 Å². The highest BCUT2D eigenvalue weighted by Crippen LogP contribution is 2.59. The summed E-state index contributed by atoms with van der Waals surface area (Å²) in [4.78, 5) is 0. The minimum Gasteiger partial charge on any atom is -0.507 e. The number of nitrogens with one attached hydrogen (secondary N) is 1. The molecule has 27 heavy (non-hydrogen) atoms. The van der Waals surface area contributed by atoms with Crippen LogP contribution >= 0.6 is 7.37 Å². The highest BCUT2D eigenvalue weighted by atomic mass is 31.2. The molecule has 0 bridgehead atoms. The lowest BCUT2D eigenvalue weighted by Crippen LogP contribution is -2.25. The van der Waals surface area contributed by atoms with Crippen molar-refractivity contribution in [1.29, 1.82) is 0 Å². The van der Waals surface area contributed by atoms with Crippen LogP contribution in [0.1, 0.15) is 77.9 Å². The van der Waals surface area contributed by atoms with Gasteiger partial charge >= 0.3 is 0 Å². The molecule has 154 valence electrons. The second-order valence-electron chi connectivity index (χ2n) is 9.02. The summed E-state index contributed by atoms with van der Waals surface area (Å²) >= 11 is 0. The van der Waals surface area contributed by atoms with Crippen molar-refractivity contribution in [1.82, 2.24) is 5.32 Å². The molecule has 0 aliphatic carbocycles. The minimum absolute atomic E-state index is 0.245. The molecule has 0 aliphatic heterocycles. The van der Waals surface area contributed by atoms with E-state index >= 15 is 0 Å². The molecule has 0 fully saturated rings. The number of hydrogen-bond donors (Lipinski definition) is 2. The molecule has 5 heteroatoms. The zero-order valence-electron chi connectivity index (χ0n) is 18.3. The number of aromatic hydroxyl groups is 1. The topological polar surface area (TPSA) is 58.6 Å². The SMILES string of the molecule is C=CCNC(c1cc(C(C)(C)C)c(O)c(C(C)(C)C)c1)P(=O)(CC)OCC. The summed E-state index contributed by atoms with van der Waals surface area (Å²) in [5.74, 6) is -0.118. The van der Waals surface area contributed by atoms with Crippen LogP contribution in [0.15, 0.2) is 24.8 Å². The lowest BCUT2D eigenvalue weighted by molar-refractivity contribution is 0.321. The maximum atomic E-state index is 13.6. The molecule has 2 atom stereocenters. The highest BCUT2D eigenvalue weighted by Gasteiger charge is 2.36. The molecule has 0 heterocycles. The van der Waals surface area contributed by atoms with Gasteiger partial charge in [0.05, 0.1) is 6.61 Å². The average Bonchev–Trinajstić information content (AvgIpc) is 2.54. The van der Waals surface area contributed by atoms with Crippen molar-refractivity contribution in [3.8, 4) is 5.75 Å². The Morgan fingerprint density at radius 2 is 1.63 bits per heavy atom. The molecule has 0 saturated heterocycles. The summed E-state index contributed by atoms with van der Waals surface area (Å²) in [6, 6.07) is 3.96. The van der Waals surface area contributed by atoms with Gasteiger partial charge < -0.3 is 9.63 Å². The zero-order chi connectivity index (χ0) is 21.0. The van der Waals surface area contributed by atoms with E-state index < -0.39 is 13.2 Å². The van der Waals surface area contributed by atoms with Crippen LogP contribution in [0.3, 0.4) is 0 Å². The van der Waals surface area contributed by atoms with E-state index in [4.69, 9.17) is 4.52 Å². The van der Waals surface area contributed by atoms with Gasteiger partial charge in [0.2, 0.25) is 7.37 Å². The van der Waals surface area contributed by atoms with Crippen LogP contribution in [0, 0.1) is 0 Å². The Labute approximate surface area is 165 Å². The minimum atomic E-state index is -2.96. The molecule has 4 nitrogen and oxygen atoms in total. The van der Waals surface area contributed by atoms with Gasteiger partial charge in [-0.15, -0.1) is 6.58 Å². The molecule has 2 unspecified atom stereocenters. The number of rotatable bonds is 8. The molecule has 0 saturated carbocycles. The van der Waals surface area contributed by atoms with Crippen molar-refractivity contribution in [3.63, 3.8) is 0 Å². The van der Waals surface area contributed by atoms with Gasteiger partial charge in [0.1, 0.15) is 11.5 Å². The largest absolute Gasteiger partial charge is 0.507 e. The number of benzene rings is 1. The highest BCUT2D eigenvalue weighted by molar-refractivity contribution is 7.59. The monoisotopic (exact) mass is 395 g/mol. The summed E-state index contributed by atoms with van der Waals surface area (Å²) in [7, 11) is -2.96. The van der Waals surface area contributed by atoms with E-state index in [0.717, 1.165) is 16.7 Å². The molecular formula is C22H38NO3P. The Kier molecular flexibility index (Phi) is 7.93. The Morgan fingerprint density at radius 1 is 1.15 bits per heavy atom. The van der Waals surface area contributed by atoms with Gasteiger partial charge in [0, 0.05) is 12.7 Å². The van der Waals surface area contributed by atoms with E-state index in [1.165, 1.54) is 0 Å².